The molecule has 0 saturated carbocycles. The minimum Gasteiger partial charge on any atom is -0.369 e. The molecule has 0 spiro atoms. The molecule has 0 aromatic carbocycles. The van der Waals surface area contributed by atoms with Gasteiger partial charge in [-0.2, -0.15) is 0 Å². The van der Waals surface area contributed by atoms with Gasteiger partial charge in [0.1, 0.15) is 0 Å². The van der Waals surface area contributed by atoms with Gasteiger partial charge in [-0.15, -0.1) is 12.4 Å². The molecular weight excluding hydrogens is 170 g/mol. The molecular formula is CH16B10ClN. The van der Waals surface area contributed by atoms with Gasteiger partial charge in [0.2, 0.25) is 0 Å². The molecule has 13 heavy (non-hydrogen) atoms. The maximum atomic E-state index is 3.18. The van der Waals surface area contributed by atoms with Crippen LogP contribution in [0.3, 0.4) is 0 Å². The number of halogens is 1. The van der Waals surface area contributed by atoms with Gasteiger partial charge in [-0.3, -0.25) is 0 Å². The molecule has 0 aliphatic heterocycles. The lowest BCUT2D eigenvalue weighted by molar-refractivity contribution is 1.27. The van der Waals surface area contributed by atoms with Crippen molar-refractivity contribution in [2.45, 2.75) is 0 Å². The van der Waals surface area contributed by atoms with Crippen molar-refractivity contribution in [1.29, 1.82) is 0 Å². The van der Waals surface area contributed by atoms with Crippen LogP contribution in [0.15, 0.2) is 0 Å². The van der Waals surface area contributed by atoms with Crippen LogP contribution in [-0.2, 0) is 0 Å². The lowest BCUT2D eigenvalue weighted by Gasteiger charge is -1.91. The highest BCUT2D eigenvalue weighted by Crippen LogP contribution is 1.56. The Morgan fingerprint density at radius 2 is 1.31 bits per heavy atom. The molecule has 1 N–H and O–H groups in total. The van der Waals surface area contributed by atoms with Crippen LogP contribution in [0.1, 0.15) is 0 Å². The zero-order chi connectivity index (χ0) is 9.07. The Kier molecular flexibility index (Phi) is 19.3. The lowest BCUT2D eigenvalue weighted by atomic mass is 8.89. The van der Waals surface area contributed by atoms with Crippen molar-refractivity contribution in [3.63, 3.8) is 0 Å². The summed E-state index contributed by atoms with van der Waals surface area (Å²) in [5.74, 6) is 0. The summed E-state index contributed by atoms with van der Waals surface area (Å²) >= 11 is 0. The first-order chi connectivity index (χ1) is 5.91. The lowest BCUT2D eigenvalue weighted by Crippen LogP contribution is -2.34. The van der Waals surface area contributed by atoms with Gasteiger partial charge in [0.05, 0.1) is 14.8 Å². The summed E-state index contributed by atoms with van der Waals surface area (Å²) in [6.07, 6.45) is 0. The molecule has 0 saturated heterocycles. The Bertz CT molecular complexity index is 71.3. The van der Waals surface area contributed by atoms with Crippen LogP contribution >= 0.6 is 12.4 Å². The first kappa shape index (κ1) is 16.3. The van der Waals surface area contributed by atoms with E-state index in [4.69, 9.17) is 0 Å². The quantitative estimate of drug-likeness (QED) is 0.278. The third kappa shape index (κ3) is 15.6. The van der Waals surface area contributed by atoms with E-state index in [0.717, 1.165) is 0 Å². The van der Waals surface area contributed by atoms with Gasteiger partial charge in [0.15, 0.2) is 7.31 Å². The van der Waals surface area contributed by atoms with Crippen LogP contribution in [0.2, 0.25) is 0 Å². The highest BCUT2D eigenvalue weighted by molar-refractivity contribution is 7.68. The fourth-order valence-corrected chi connectivity index (χ4v) is 1.44. The molecule has 62 valence electrons. The smallest absolute Gasteiger partial charge is 0.152 e. The summed E-state index contributed by atoms with van der Waals surface area (Å²) in [4.78, 5) is 0. The van der Waals surface area contributed by atoms with E-state index < -0.39 is 0 Å². The topological polar surface area (TPSA) is 12.0 Å². The van der Waals surface area contributed by atoms with Crippen molar-refractivity contribution >= 4 is 83.9 Å². The highest BCUT2D eigenvalue weighted by Gasteiger charge is 1.99. The summed E-state index contributed by atoms with van der Waals surface area (Å²) in [5, 5.41) is 3.18. The molecule has 0 heterocycles. The Hall–Kier alpha value is 0.899. The highest BCUT2D eigenvalue weighted by atomic mass is 35.5. The van der Waals surface area contributed by atoms with Crippen LogP contribution in [0, 0.1) is 0 Å². The van der Waals surface area contributed by atoms with E-state index in [1.54, 1.807) is 0 Å². The predicted molar refractivity (Wildman–Crippen MR) is 89.2 cm³/mol. The molecule has 0 aliphatic rings. The van der Waals surface area contributed by atoms with Crippen molar-refractivity contribution in [3.8, 4) is 0 Å². The van der Waals surface area contributed by atoms with Crippen LogP contribution in [0.5, 0.6) is 0 Å². The van der Waals surface area contributed by atoms with Crippen LogP contribution < -0.4 is 5.23 Å². The van der Waals surface area contributed by atoms with E-state index >= 15 is 0 Å². The van der Waals surface area contributed by atoms with Gasteiger partial charge in [-0.25, -0.2) is 0 Å². The second-order valence-electron chi connectivity index (χ2n) is 3.58. The van der Waals surface area contributed by atoms with Gasteiger partial charge < -0.3 is 5.23 Å². The molecule has 0 rings (SSSR count). The van der Waals surface area contributed by atoms with E-state index in [1.165, 1.54) is 63.8 Å². The third-order valence-electron chi connectivity index (χ3n) is 2.28. The van der Waals surface area contributed by atoms with Crippen molar-refractivity contribution in [2.24, 2.45) is 0 Å². The summed E-state index contributed by atoms with van der Waals surface area (Å²) in [7, 11) is 16.8. The standard InChI is InChI=1S/CH15B10N.ClH/c1-12-11-10-9-8-7-6-5-4-3-2;/h3-12H,2H2,1H3;1H. The molecule has 0 amide bonds. The van der Waals surface area contributed by atoms with Crippen molar-refractivity contribution in [3.05, 3.63) is 0 Å². The van der Waals surface area contributed by atoms with Crippen LogP contribution in [0.4, 0.5) is 0 Å². The summed E-state index contributed by atoms with van der Waals surface area (Å²) < 4.78 is 0. The van der Waals surface area contributed by atoms with Gasteiger partial charge >= 0.3 is 0 Å². The molecule has 0 fully saturated rings. The Balaban J connectivity index is 0. The molecule has 12 heteroatoms. The Labute approximate surface area is 96.3 Å². The molecule has 0 aromatic rings. The molecule has 0 aromatic heterocycles. The summed E-state index contributed by atoms with van der Waals surface area (Å²) in [6.45, 7) is 0. The normalized spacial score (nSPS) is 6.85. The zero-order valence-corrected chi connectivity index (χ0v) is 10.1. The second-order valence-corrected chi connectivity index (χ2v) is 3.58. The summed E-state index contributed by atoms with van der Waals surface area (Å²) in [6, 6.07) is 0. The van der Waals surface area contributed by atoms with Gasteiger partial charge in [-0.05, 0) is 7.05 Å². The van der Waals surface area contributed by atoms with E-state index in [0.29, 0.717) is 0 Å². The van der Waals surface area contributed by atoms with Gasteiger partial charge in [0.25, 0.3) is 0 Å². The fourth-order valence-electron chi connectivity index (χ4n) is 1.44. The van der Waals surface area contributed by atoms with Crippen molar-refractivity contribution in [2.75, 3.05) is 7.05 Å². The zero-order valence-electron chi connectivity index (χ0n) is 9.27. The third-order valence-corrected chi connectivity index (χ3v) is 2.28. The molecule has 0 radical (unpaired) electrons. The second kappa shape index (κ2) is 15.4. The van der Waals surface area contributed by atoms with Gasteiger partial charge in [0, 0.05) is 49.4 Å². The maximum Gasteiger partial charge on any atom is 0.152 e. The molecule has 0 aliphatic carbocycles. The van der Waals surface area contributed by atoms with E-state index in [2.05, 4.69) is 13.0 Å². The minimum atomic E-state index is 0. The van der Waals surface area contributed by atoms with E-state index in [1.807, 2.05) is 7.05 Å². The number of hydrogen-bond acceptors (Lipinski definition) is 1. The Morgan fingerprint density at radius 3 is 1.77 bits per heavy atom. The minimum absolute atomic E-state index is 0. The van der Waals surface area contributed by atoms with Crippen molar-refractivity contribution in [1.82, 2.24) is 5.23 Å². The number of rotatable bonds is 9. The predicted octanol–water partition coefficient (Wildman–Crippen LogP) is -6.66. The SMILES string of the molecule is BBBBBBBBBBNC.Cl. The molecule has 0 unspecified atom stereocenters. The molecule has 1 nitrogen and oxygen atoms in total. The monoisotopic (exact) mass is 187 g/mol. The van der Waals surface area contributed by atoms with Crippen LogP contribution in [0.25, 0.3) is 0 Å². The van der Waals surface area contributed by atoms with E-state index in [-0.39, 0.29) is 12.4 Å². The number of nitrogens with one attached hydrogen (secondary N) is 1. The average Bonchev–Trinajstić information content (AvgIpc) is 2.10. The maximum absolute atomic E-state index is 3.18. The van der Waals surface area contributed by atoms with Gasteiger partial charge in [-0.1, -0.05) is 0 Å². The summed E-state index contributed by atoms with van der Waals surface area (Å²) in [5.41, 5.74) is 0. The fraction of sp³-hybridized carbons (Fsp3) is 1.00. The van der Waals surface area contributed by atoms with Crippen LogP contribution in [-0.4, -0.2) is 78.6 Å². The Morgan fingerprint density at radius 1 is 0.846 bits per heavy atom. The average molecular weight is 186 g/mol. The number of hydrogen-bond donors (Lipinski definition) is 1. The molecule has 0 atom stereocenters. The van der Waals surface area contributed by atoms with E-state index in [9.17, 15) is 0 Å². The van der Waals surface area contributed by atoms with Crippen molar-refractivity contribution < 1.29 is 0 Å². The largest absolute Gasteiger partial charge is 0.369 e. The molecule has 0 bridgehead atoms. The first-order valence-electron chi connectivity index (χ1n) is 5.56. The first-order valence-corrected chi connectivity index (χ1v) is 5.56.